The lowest BCUT2D eigenvalue weighted by atomic mass is 9.67. The molecule has 0 saturated carbocycles. The number of rotatable bonds is 4. The van der Waals surface area contributed by atoms with Crippen LogP contribution in [0.15, 0.2) is 170 Å². The Labute approximate surface area is 273 Å². The molecule has 0 saturated heterocycles. The van der Waals surface area contributed by atoms with Gasteiger partial charge in [0.1, 0.15) is 6.07 Å². The van der Waals surface area contributed by atoms with E-state index in [1.54, 1.807) is 6.20 Å². The molecule has 47 heavy (non-hydrogen) atoms. The first-order valence-corrected chi connectivity index (χ1v) is 15.9. The highest BCUT2D eigenvalue weighted by Gasteiger charge is 2.47. The second-order valence-electron chi connectivity index (χ2n) is 12.2. The van der Waals surface area contributed by atoms with Crippen molar-refractivity contribution < 1.29 is 0 Å². The molecule has 1 aliphatic carbocycles. The summed E-state index contributed by atoms with van der Waals surface area (Å²) >= 11 is 0. The third-order valence-corrected chi connectivity index (χ3v) is 9.84. The largest absolute Gasteiger partial charge is 0.263 e. The van der Waals surface area contributed by atoms with Gasteiger partial charge < -0.3 is 0 Å². The number of nitriles is 1. The summed E-state index contributed by atoms with van der Waals surface area (Å²) in [6.45, 7) is 0. The lowest BCUT2D eigenvalue weighted by Crippen LogP contribution is -2.28. The van der Waals surface area contributed by atoms with Gasteiger partial charge in [-0.15, -0.1) is 0 Å². The normalized spacial score (nSPS) is 12.8. The van der Waals surface area contributed by atoms with E-state index in [1.807, 2.05) is 12.3 Å². The number of aromatic nitrogens is 1. The predicted molar refractivity (Wildman–Crippen MR) is 192 cm³/mol. The molecule has 1 aliphatic rings. The first kappa shape index (κ1) is 27.0. The summed E-state index contributed by atoms with van der Waals surface area (Å²) in [4.78, 5) is 4.29. The second-order valence-corrected chi connectivity index (χ2v) is 12.2. The van der Waals surface area contributed by atoms with Gasteiger partial charge in [-0.25, -0.2) is 0 Å². The average Bonchev–Trinajstić information content (AvgIpc) is 3.47. The van der Waals surface area contributed by atoms with Crippen LogP contribution in [0.4, 0.5) is 0 Å². The number of hydrogen-bond acceptors (Lipinski definition) is 2. The van der Waals surface area contributed by atoms with E-state index in [0.717, 1.165) is 16.7 Å². The molecule has 0 unspecified atom stereocenters. The van der Waals surface area contributed by atoms with E-state index < -0.39 is 5.41 Å². The molecular formula is C45H28N2. The zero-order valence-corrected chi connectivity index (χ0v) is 25.6. The molecule has 0 bridgehead atoms. The second kappa shape index (κ2) is 10.7. The molecule has 0 amide bonds. The Morgan fingerprint density at radius 2 is 1.06 bits per heavy atom. The maximum Gasteiger partial charge on any atom is 0.101 e. The van der Waals surface area contributed by atoms with E-state index in [4.69, 9.17) is 0 Å². The van der Waals surface area contributed by atoms with Crippen LogP contribution in [-0.2, 0) is 5.41 Å². The van der Waals surface area contributed by atoms with Gasteiger partial charge in [-0.2, -0.15) is 5.26 Å². The van der Waals surface area contributed by atoms with Crippen LogP contribution in [0.5, 0.6) is 0 Å². The van der Waals surface area contributed by atoms with Gasteiger partial charge in [0.15, 0.2) is 0 Å². The predicted octanol–water partition coefficient (Wildman–Crippen LogP) is 11.0. The van der Waals surface area contributed by atoms with Crippen molar-refractivity contribution in [1.29, 1.82) is 5.26 Å². The van der Waals surface area contributed by atoms with Crippen molar-refractivity contribution >= 4 is 21.5 Å². The minimum atomic E-state index is -0.515. The molecular weight excluding hydrogens is 569 g/mol. The van der Waals surface area contributed by atoms with Gasteiger partial charge in [0.2, 0.25) is 0 Å². The van der Waals surface area contributed by atoms with E-state index in [-0.39, 0.29) is 0 Å². The molecule has 1 heterocycles. The molecule has 7 aromatic carbocycles. The highest BCUT2D eigenvalue weighted by Crippen LogP contribution is 2.60. The highest BCUT2D eigenvalue weighted by atomic mass is 14.6. The number of benzene rings is 7. The maximum atomic E-state index is 9.42. The average molecular weight is 597 g/mol. The van der Waals surface area contributed by atoms with Crippen molar-refractivity contribution in [2.24, 2.45) is 0 Å². The molecule has 9 rings (SSSR count). The summed E-state index contributed by atoms with van der Waals surface area (Å²) in [5, 5.41) is 14.4. The van der Waals surface area contributed by atoms with E-state index in [2.05, 4.69) is 163 Å². The molecule has 8 aromatic rings. The van der Waals surface area contributed by atoms with Crippen LogP contribution in [0, 0.1) is 11.3 Å². The SMILES string of the molecule is N#Cc1cncc(-c2ccc(-c3cc4c(c5ccccc35)-c3c(ccc5ccccc35)C4(c3ccccc3)c3ccccc3)cc2)c1. The van der Waals surface area contributed by atoms with Gasteiger partial charge >= 0.3 is 0 Å². The first-order valence-electron chi connectivity index (χ1n) is 15.9. The Balaban J connectivity index is 1.39. The maximum absolute atomic E-state index is 9.42. The Hall–Kier alpha value is -6.30. The zero-order chi connectivity index (χ0) is 31.4. The molecule has 0 fully saturated rings. The van der Waals surface area contributed by atoms with Crippen molar-refractivity contribution in [3.05, 3.63) is 198 Å². The smallest absolute Gasteiger partial charge is 0.101 e. The highest BCUT2D eigenvalue weighted by molar-refractivity contribution is 6.15. The van der Waals surface area contributed by atoms with Crippen LogP contribution in [0.3, 0.4) is 0 Å². The summed E-state index contributed by atoms with van der Waals surface area (Å²) in [5.74, 6) is 0. The van der Waals surface area contributed by atoms with E-state index in [9.17, 15) is 5.26 Å². The van der Waals surface area contributed by atoms with E-state index in [1.165, 1.54) is 60.5 Å². The first-order chi connectivity index (χ1) is 23.3. The fourth-order valence-corrected chi connectivity index (χ4v) is 7.84. The molecule has 0 spiro atoms. The fourth-order valence-electron chi connectivity index (χ4n) is 7.84. The van der Waals surface area contributed by atoms with Gasteiger partial charge in [-0.1, -0.05) is 146 Å². The quantitative estimate of drug-likeness (QED) is 0.203. The minimum absolute atomic E-state index is 0.515. The molecule has 1 aromatic heterocycles. The fraction of sp³-hybridized carbons (Fsp3) is 0.0222. The lowest BCUT2D eigenvalue weighted by Gasteiger charge is -2.34. The summed E-state index contributed by atoms with van der Waals surface area (Å²) in [5.41, 5.74) is 12.1. The molecule has 218 valence electrons. The Bertz CT molecular complexity index is 2470. The zero-order valence-electron chi connectivity index (χ0n) is 25.6. The third kappa shape index (κ3) is 4.00. The Morgan fingerprint density at radius 1 is 0.468 bits per heavy atom. The molecule has 0 N–H and O–H groups in total. The Morgan fingerprint density at radius 3 is 1.77 bits per heavy atom. The van der Waals surface area contributed by atoms with Gasteiger partial charge in [0.05, 0.1) is 11.0 Å². The summed E-state index contributed by atoms with van der Waals surface area (Å²) in [7, 11) is 0. The van der Waals surface area contributed by atoms with Crippen molar-refractivity contribution in [2.45, 2.75) is 5.41 Å². The molecule has 0 atom stereocenters. The summed E-state index contributed by atoms with van der Waals surface area (Å²) in [6, 6.07) is 59.6. The van der Waals surface area contributed by atoms with Crippen LogP contribution in [-0.4, -0.2) is 4.98 Å². The molecule has 2 heteroatoms. The molecule has 0 radical (unpaired) electrons. The minimum Gasteiger partial charge on any atom is -0.263 e. The van der Waals surface area contributed by atoms with Crippen LogP contribution in [0.25, 0.3) is 54.9 Å². The van der Waals surface area contributed by atoms with Gasteiger partial charge in [0.25, 0.3) is 0 Å². The topological polar surface area (TPSA) is 36.7 Å². The van der Waals surface area contributed by atoms with Gasteiger partial charge in [-0.3, -0.25) is 4.98 Å². The molecule has 0 aliphatic heterocycles. The van der Waals surface area contributed by atoms with Crippen LogP contribution >= 0.6 is 0 Å². The lowest BCUT2D eigenvalue weighted by molar-refractivity contribution is 0.770. The van der Waals surface area contributed by atoms with Crippen LogP contribution in [0.1, 0.15) is 27.8 Å². The summed E-state index contributed by atoms with van der Waals surface area (Å²) in [6.07, 6.45) is 3.41. The van der Waals surface area contributed by atoms with Gasteiger partial charge in [-0.05, 0) is 83.7 Å². The number of nitrogens with zero attached hydrogens (tertiary/aromatic N) is 2. The van der Waals surface area contributed by atoms with E-state index in [0.29, 0.717) is 5.56 Å². The number of hydrogen-bond donors (Lipinski definition) is 0. The van der Waals surface area contributed by atoms with Crippen molar-refractivity contribution in [1.82, 2.24) is 4.98 Å². The van der Waals surface area contributed by atoms with E-state index >= 15 is 0 Å². The van der Waals surface area contributed by atoms with Crippen LogP contribution in [0.2, 0.25) is 0 Å². The van der Waals surface area contributed by atoms with Crippen molar-refractivity contribution in [2.75, 3.05) is 0 Å². The third-order valence-electron chi connectivity index (χ3n) is 9.84. The standard InChI is InChI=1S/C45H28N2/c46-27-30-25-34(29-47-28-30)31-19-21-33(22-20-31)40-26-42-44(39-18-10-9-17-38(39)40)43-37-16-8-7-11-32(37)23-24-41(43)45(42,35-12-3-1-4-13-35)36-14-5-2-6-15-36/h1-26,28-29H. The van der Waals surface area contributed by atoms with Crippen LogP contribution < -0.4 is 0 Å². The monoisotopic (exact) mass is 596 g/mol. The molecule has 2 nitrogen and oxygen atoms in total. The Kier molecular flexibility index (Phi) is 6.13. The number of pyridine rings is 1. The van der Waals surface area contributed by atoms with Gasteiger partial charge in [0, 0.05) is 18.0 Å². The van der Waals surface area contributed by atoms with Crippen molar-refractivity contribution in [3.63, 3.8) is 0 Å². The number of fused-ring (bicyclic) bond motifs is 7. The summed E-state index contributed by atoms with van der Waals surface area (Å²) < 4.78 is 0. The van der Waals surface area contributed by atoms with Crippen molar-refractivity contribution in [3.8, 4) is 39.4 Å².